The van der Waals surface area contributed by atoms with E-state index in [2.05, 4.69) is 5.32 Å². The van der Waals surface area contributed by atoms with Gasteiger partial charge >= 0.3 is 0 Å². The van der Waals surface area contributed by atoms with Gasteiger partial charge in [0.25, 0.3) is 5.91 Å². The van der Waals surface area contributed by atoms with Gasteiger partial charge in [0.2, 0.25) is 5.91 Å². The third-order valence-electron chi connectivity index (χ3n) is 2.47. The van der Waals surface area contributed by atoms with Gasteiger partial charge in [-0.05, 0) is 25.5 Å². The molecule has 0 aliphatic carbocycles. The maximum absolute atomic E-state index is 11.6. The highest BCUT2D eigenvalue weighted by molar-refractivity contribution is 6.04. The first-order valence-electron chi connectivity index (χ1n) is 5.55. The molecule has 0 aliphatic heterocycles. The lowest BCUT2D eigenvalue weighted by molar-refractivity contribution is -0.120. The molecule has 1 rings (SSSR count). The van der Waals surface area contributed by atoms with Crippen molar-refractivity contribution in [1.29, 1.82) is 0 Å². The van der Waals surface area contributed by atoms with Crippen molar-refractivity contribution in [3.63, 3.8) is 0 Å². The first-order chi connectivity index (χ1) is 8.13. The van der Waals surface area contributed by atoms with Crippen LogP contribution in [0.15, 0.2) is 30.3 Å². The zero-order valence-electron chi connectivity index (χ0n) is 10.1. The number of ether oxygens (including phenoxy) is 1. The molecular weight excluding hydrogens is 218 g/mol. The van der Waals surface area contributed by atoms with Crippen molar-refractivity contribution in [2.24, 2.45) is 0 Å². The average molecular weight is 235 g/mol. The smallest absolute Gasteiger partial charge is 0.257 e. The molecule has 1 aromatic carbocycles. The molecule has 1 aromatic rings. The number of nitrogens with one attached hydrogen (secondary N) is 1. The summed E-state index contributed by atoms with van der Waals surface area (Å²) in [5, 5.41) is 2.34. The van der Waals surface area contributed by atoms with Crippen molar-refractivity contribution in [3.8, 4) is 0 Å². The predicted octanol–water partition coefficient (Wildman–Crippen LogP) is 1.76. The van der Waals surface area contributed by atoms with Gasteiger partial charge < -0.3 is 4.74 Å². The van der Waals surface area contributed by atoms with Crippen LogP contribution in [0.1, 0.15) is 30.1 Å². The second kappa shape index (κ2) is 6.81. The lowest BCUT2D eigenvalue weighted by Gasteiger charge is -2.08. The summed E-state index contributed by atoms with van der Waals surface area (Å²) in [5.41, 5.74) is 0.487. The van der Waals surface area contributed by atoms with Crippen LogP contribution in [0.4, 0.5) is 0 Å². The molecule has 0 radical (unpaired) electrons. The molecule has 0 fully saturated rings. The van der Waals surface area contributed by atoms with E-state index in [9.17, 15) is 9.59 Å². The Morgan fingerprint density at radius 2 is 1.94 bits per heavy atom. The van der Waals surface area contributed by atoms with Crippen molar-refractivity contribution in [3.05, 3.63) is 35.9 Å². The van der Waals surface area contributed by atoms with Gasteiger partial charge in [0, 0.05) is 19.1 Å². The number of carbonyl (C=O) groups is 2. The Morgan fingerprint density at radius 1 is 1.29 bits per heavy atom. The molecule has 92 valence electrons. The van der Waals surface area contributed by atoms with Gasteiger partial charge in [-0.1, -0.05) is 18.2 Å². The quantitative estimate of drug-likeness (QED) is 0.846. The number of imide groups is 1. The van der Waals surface area contributed by atoms with Gasteiger partial charge in [-0.2, -0.15) is 0 Å². The highest BCUT2D eigenvalue weighted by Gasteiger charge is 2.10. The molecular formula is C13H17NO3. The zero-order valence-corrected chi connectivity index (χ0v) is 10.1. The molecule has 0 spiro atoms. The number of amides is 2. The summed E-state index contributed by atoms with van der Waals surface area (Å²) < 4.78 is 5.03. The minimum atomic E-state index is -0.360. The average Bonchev–Trinajstić information content (AvgIpc) is 2.36. The number of hydrogen-bond donors (Lipinski definition) is 1. The first-order valence-corrected chi connectivity index (χ1v) is 5.55. The number of hydrogen-bond acceptors (Lipinski definition) is 3. The predicted molar refractivity (Wildman–Crippen MR) is 64.6 cm³/mol. The molecule has 1 atom stereocenters. The molecule has 0 aliphatic rings. The van der Waals surface area contributed by atoms with Gasteiger partial charge in [-0.25, -0.2) is 0 Å². The minimum Gasteiger partial charge on any atom is -0.382 e. The summed E-state index contributed by atoms with van der Waals surface area (Å²) in [7, 11) is 1.59. The van der Waals surface area contributed by atoms with Gasteiger partial charge in [-0.3, -0.25) is 14.9 Å². The maximum atomic E-state index is 11.6. The van der Waals surface area contributed by atoms with Gasteiger partial charge in [0.1, 0.15) is 0 Å². The molecule has 0 saturated heterocycles. The van der Waals surface area contributed by atoms with E-state index in [0.29, 0.717) is 12.0 Å². The summed E-state index contributed by atoms with van der Waals surface area (Å²) >= 11 is 0. The summed E-state index contributed by atoms with van der Waals surface area (Å²) in [6.45, 7) is 1.88. The standard InChI is InChI=1S/C13H17NO3/c1-10(17-2)8-9-12(15)14-13(16)11-6-4-3-5-7-11/h3-7,10H,8-9H2,1-2H3,(H,14,15,16). The van der Waals surface area contributed by atoms with Crippen molar-refractivity contribution in [2.75, 3.05) is 7.11 Å². The van der Waals surface area contributed by atoms with Crippen molar-refractivity contribution >= 4 is 11.8 Å². The lowest BCUT2D eigenvalue weighted by atomic mass is 10.2. The van der Waals surface area contributed by atoms with E-state index < -0.39 is 0 Å². The second-order valence-corrected chi connectivity index (χ2v) is 3.83. The molecule has 0 heterocycles. The van der Waals surface area contributed by atoms with E-state index in [1.165, 1.54) is 0 Å². The van der Waals surface area contributed by atoms with Crippen LogP contribution in [0.5, 0.6) is 0 Å². The molecule has 1 N–H and O–H groups in total. The molecule has 17 heavy (non-hydrogen) atoms. The van der Waals surface area contributed by atoms with E-state index >= 15 is 0 Å². The van der Waals surface area contributed by atoms with Crippen LogP contribution >= 0.6 is 0 Å². The summed E-state index contributed by atoms with van der Waals surface area (Å²) in [6.07, 6.45) is 0.908. The van der Waals surface area contributed by atoms with E-state index in [0.717, 1.165) is 0 Å². The van der Waals surface area contributed by atoms with E-state index in [4.69, 9.17) is 4.74 Å². The fraction of sp³-hybridized carbons (Fsp3) is 0.385. The van der Waals surface area contributed by atoms with Crippen molar-refractivity contribution < 1.29 is 14.3 Å². The van der Waals surface area contributed by atoms with Gasteiger partial charge in [0.15, 0.2) is 0 Å². The molecule has 2 amide bonds. The maximum Gasteiger partial charge on any atom is 0.257 e. The number of carbonyl (C=O) groups excluding carboxylic acids is 2. The van der Waals surface area contributed by atoms with Crippen molar-refractivity contribution in [1.82, 2.24) is 5.32 Å². The fourth-order valence-corrected chi connectivity index (χ4v) is 1.30. The SMILES string of the molecule is COC(C)CCC(=O)NC(=O)c1ccccc1. The molecule has 0 saturated carbocycles. The van der Waals surface area contributed by atoms with Crippen LogP contribution in [0.2, 0.25) is 0 Å². The lowest BCUT2D eigenvalue weighted by Crippen LogP contribution is -2.30. The number of rotatable bonds is 5. The highest BCUT2D eigenvalue weighted by atomic mass is 16.5. The third kappa shape index (κ3) is 4.78. The summed E-state index contributed by atoms with van der Waals surface area (Å²) in [6, 6.07) is 8.67. The van der Waals surface area contributed by atoms with Crippen LogP contribution in [0, 0.1) is 0 Å². The molecule has 0 bridgehead atoms. The van der Waals surface area contributed by atoms with Gasteiger partial charge in [0.05, 0.1) is 6.10 Å². The van der Waals surface area contributed by atoms with E-state index in [-0.39, 0.29) is 24.3 Å². The van der Waals surface area contributed by atoms with Gasteiger partial charge in [-0.15, -0.1) is 0 Å². The largest absolute Gasteiger partial charge is 0.382 e. The first kappa shape index (κ1) is 13.4. The number of benzene rings is 1. The zero-order chi connectivity index (χ0) is 12.7. The highest BCUT2D eigenvalue weighted by Crippen LogP contribution is 2.01. The summed E-state index contributed by atoms with van der Waals surface area (Å²) in [5.74, 6) is -0.636. The van der Waals surface area contributed by atoms with E-state index in [1.54, 1.807) is 31.4 Å². The monoisotopic (exact) mass is 235 g/mol. The van der Waals surface area contributed by atoms with Crippen molar-refractivity contribution in [2.45, 2.75) is 25.9 Å². The van der Waals surface area contributed by atoms with Crippen LogP contribution in [0.3, 0.4) is 0 Å². The van der Waals surface area contributed by atoms with Crippen LogP contribution in [-0.2, 0) is 9.53 Å². The molecule has 0 aromatic heterocycles. The molecule has 4 nitrogen and oxygen atoms in total. The Hall–Kier alpha value is -1.68. The topological polar surface area (TPSA) is 55.4 Å². The molecule has 4 heteroatoms. The number of methoxy groups -OCH3 is 1. The Balaban J connectivity index is 2.39. The molecule has 1 unspecified atom stereocenters. The van der Waals surface area contributed by atoms with Crippen LogP contribution < -0.4 is 5.32 Å². The Morgan fingerprint density at radius 3 is 2.53 bits per heavy atom. The van der Waals surface area contributed by atoms with Crippen LogP contribution in [-0.4, -0.2) is 25.0 Å². The third-order valence-corrected chi connectivity index (χ3v) is 2.47. The normalized spacial score (nSPS) is 11.9. The van der Waals surface area contributed by atoms with Crippen LogP contribution in [0.25, 0.3) is 0 Å². The fourth-order valence-electron chi connectivity index (χ4n) is 1.30. The Labute approximate surface area is 101 Å². The van der Waals surface area contributed by atoms with E-state index in [1.807, 2.05) is 13.0 Å². The Bertz CT molecular complexity index is 376. The minimum absolute atomic E-state index is 0.0209. The summed E-state index contributed by atoms with van der Waals surface area (Å²) in [4.78, 5) is 23.1. The Kier molecular flexibility index (Phi) is 5.36. The second-order valence-electron chi connectivity index (χ2n) is 3.83.